The fourth-order valence-corrected chi connectivity index (χ4v) is 3.85. The Kier molecular flexibility index (Phi) is 3.42. The summed E-state index contributed by atoms with van der Waals surface area (Å²) in [5.41, 5.74) is 3.56. The Morgan fingerprint density at radius 1 is 1.33 bits per heavy atom. The molecule has 5 nitrogen and oxygen atoms in total. The molecule has 0 aliphatic carbocycles. The molecule has 1 aromatic carbocycles. The van der Waals surface area contributed by atoms with Gasteiger partial charge in [0.15, 0.2) is 0 Å². The van der Waals surface area contributed by atoms with Gasteiger partial charge in [-0.3, -0.25) is 5.41 Å². The molecule has 0 amide bonds. The summed E-state index contributed by atoms with van der Waals surface area (Å²) in [6.07, 6.45) is 0. The van der Waals surface area contributed by atoms with Crippen LogP contribution in [0.1, 0.15) is 16.3 Å². The minimum absolute atomic E-state index is 0.215. The monoisotopic (exact) mass is 338 g/mol. The van der Waals surface area contributed by atoms with E-state index in [9.17, 15) is 5.11 Å². The summed E-state index contributed by atoms with van der Waals surface area (Å²) in [5.74, 6) is 1.19. The number of benzene rings is 1. The minimum Gasteiger partial charge on any atom is -0.510 e. The highest BCUT2D eigenvalue weighted by Crippen LogP contribution is 2.30. The van der Waals surface area contributed by atoms with Crippen LogP contribution in [0.5, 0.6) is 0 Å². The summed E-state index contributed by atoms with van der Waals surface area (Å²) in [5, 5.41) is 21.0. The number of aryl methyl sites for hydroxylation is 2. The third-order valence-corrected chi connectivity index (χ3v) is 5.23. The van der Waals surface area contributed by atoms with Gasteiger partial charge in [0.25, 0.3) is 0 Å². The summed E-state index contributed by atoms with van der Waals surface area (Å²) in [6.45, 7) is 3.02. The molecule has 3 heterocycles. The number of aromatic nitrogens is 2. The van der Waals surface area contributed by atoms with E-state index in [0.29, 0.717) is 30.3 Å². The van der Waals surface area contributed by atoms with Gasteiger partial charge in [0.05, 0.1) is 29.7 Å². The van der Waals surface area contributed by atoms with Gasteiger partial charge in [-0.05, 0) is 36.1 Å². The van der Waals surface area contributed by atoms with Crippen molar-refractivity contribution < 1.29 is 5.11 Å². The van der Waals surface area contributed by atoms with Crippen LogP contribution in [-0.2, 0) is 13.6 Å². The molecular formula is C18H18N4OS. The molecule has 2 N–H and O–H groups in total. The van der Waals surface area contributed by atoms with Crippen molar-refractivity contribution >= 4 is 33.8 Å². The summed E-state index contributed by atoms with van der Waals surface area (Å²) < 4.78 is 1.95. The lowest BCUT2D eigenvalue weighted by molar-refractivity contribution is 0.348. The number of fused-ring (bicyclic) bond motifs is 1. The molecule has 0 atom stereocenters. The molecule has 4 rings (SSSR count). The zero-order valence-corrected chi connectivity index (χ0v) is 14.4. The first-order valence-electron chi connectivity index (χ1n) is 7.76. The zero-order chi connectivity index (χ0) is 16.8. The highest BCUT2D eigenvalue weighted by Gasteiger charge is 2.31. The van der Waals surface area contributed by atoms with Gasteiger partial charge in [-0.15, -0.1) is 11.3 Å². The predicted molar refractivity (Wildman–Crippen MR) is 97.5 cm³/mol. The van der Waals surface area contributed by atoms with Crippen LogP contribution in [0.15, 0.2) is 41.5 Å². The van der Waals surface area contributed by atoms with Crippen molar-refractivity contribution in [2.75, 3.05) is 6.54 Å². The van der Waals surface area contributed by atoms with Gasteiger partial charge in [-0.1, -0.05) is 12.1 Å². The second kappa shape index (κ2) is 5.49. The summed E-state index contributed by atoms with van der Waals surface area (Å²) in [4.78, 5) is 7.72. The molecule has 24 heavy (non-hydrogen) atoms. The minimum atomic E-state index is 0.215. The Hall–Kier alpha value is -2.60. The molecule has 3 aromatic rings. The zero-order valence-electron chi connectivity index (χ0n) is 13.6. The molecule has 0 radical (unpaired) electrons. The Morgan fingerprint density at radius 3 is 2.92 bits per heavy atom. The lowest BCUT2D eigenvalue weighted by Crippen LogP contribution is -2.26. The van der Waals surface area contributed by atoms with Gasteiger partial charge in [-0.25, -0.2) is 4.98 Å². The number of thiophene rings is 1. The molecule has 122 valence electrons. The summed E-state index contributed by atoms with van der Waals surface area (Å²) in [6, 6.07) is 10.1. The highest BCUT2D eigenvalue weighted by molar-refractivity contribution is 7.09. The number of rotatable bonds is 3. The van der Waals surface area contributed by atoms with Crippen molar-refractivity contribution in [2.45, 2.75) is 13.5 Å². The Labute approximate surface area is 144 Å². The van der Waals surface area contributed by atoms with Gasteiger partial charge in [-0.2, -0.15) is 0 Å². The molecule has 0 saturated carbocycles. The number of hydrogen-bond donors (Lipinski definition) is 2. The van der Waals surface area contributed by atoms with Crippen molar-refractivity contribution in [3.8, 4) is 0 Å². The van der Waals surface area contributed by atoms with E-state index in [-0.39, 0.29) is 5.76 Å². The first-order valence-corrected chi connectivity index (χ1v) is 8.64. The number of imidazole rings is 1. The molecule has 0 unspecified atom stereocenters. The first-order chi connectivity index (χ1) is 11.5. The van der Waals surface area contributed by atoms with Gasteiger partial charge < -0.3 is 14.6 Å². The van der Waals surface area contributed by atoms with Crippen LogP contribution in [-0.4, -0.2) is 31.9 Å². The average Bonchev–Trinajstić information content (AvgIpc) is 3.21. The Morgan fingerprint density at radius 2 is 2.17 bits per heavy atom. The molecule has 0 bridgehead atoms. The van der Waals surface area contributed by atoms with E-state index in [4.69, 9.17) is 5.41 Å². The van der Waals surface area contributed by atoms with Crippen LogP contribution < -0.4 is 0 Å². The van der Waals surface area contributed by atoms with Gasteiger partial charge >= 0.3 is 0 Å². The van der Waals surface area contributed by atoms with E-state index in [0.717, 1.165) is 16.6 Å². The molecule has 1 aliphatic heterocycles. The third kappa shape index (κ3) is 2.30. The number of aliphatic hydroxyl groups is 1. The molecule has 2 aromatic heterocycles. The van der Waals surface area contributed by atoms with E-state index in [1.807, 2.05) is 59.2 Å². The predicted octanol–water partition coefficient (Wildman–Crippen LogP) is 3.71. The number of nitrogens with one attached hydrogen (secondary N) is 1. The topological polar surface area (TPSA) is 65.1 Å². The van der Waals surface area contributed by atoms with Crippen molar-refractivity contribution in [1.82, 2.24) is 14.5 Å². The van der Waals surface area contributed by atoms with Gasteiger partial charge in [0.2, 0.25) is 0 Å². The van der Waals surface area contributed by atoms with E-state index >= 15 is 0 Å². The number of hydrogen-bond acceptors (Lipinski definition) is 4. The van der Waals surface area contributed by atoms with Crippen LogP contribution >= 0.6 is 11.3 Å². The van der Waals surface area contributed by atoms with Gasteiger partial charge in [0.1, 0.15) is 17.4 Å². The normalized spacial score (nSPS) is 15.1. The lowest BCUT2D eigenvalue weighted by atomic mass is 10.2. The van der Waals surface area contributed by atoms with E-state index in [1.165, 1.54) is 4.88 Å². The molecule has 0 saturated heterocycles. The van der Waals surface area contributed by atoms with Crippen LogP contribution in [0.3, 0.4) is 0 Å². The van der Waals surface area contributed by atoms with Crippen molar-refractivity contribution in [3.63, 3.8) is 0 Å². The maximum atomic E-state index is 10.5. The van der Waals surface area contributed by atoms with Crippen LogP contribution in [0.25, 0.3) is 16.6 Å². The second-order valence-corrected chi connectivity index (χ2v) is 7.12. The van der Waals surface area contributed by atoms with Crippen LogP contribution in [0.4, 0.5) is 0 Å². The van der Waals surface area contributed by atoms with Crippen molar-refractivity contribution in [1.29, 1.82) is 5.41 Å². The maximum absolute atomic E-state index is 10.5. The maximum Gasteiger partial charge on any atom is 0.148 e. The molecule has 6 heteroatoms. The fourth-order valence-electron chi connectivity index (χ4n) is 3.13. The van der Waals surface area contributed by atoms with Crippen LogP contribution in [0.2, 0.25) is 0 Å². The third-order valence-electron chi connectivity index (χ3n) is 4.37. The quantitative estimate of drug-likeness (QED) is 0.765. The van der Waals surface area contributed by atoms with E-state index in [1.54, 1.807) is 11.3 Å². The smallest absolute Gasteiger partial charge is 0.148 e. The SMILES string of the molecule is Cc1ccc2c(c1)nc(C1=C(O)CN(Cc3cccs3)C1=N)n2C. The average molecular weight is 338 g/mol. The van der Waals surface area contributed by atoms with Crippen LogP contribution in [0, 0.1) is 12.3 Å². The summed E-state index contributed by atoms with van der Waals surface area (Å²) in [7, 11) is 1.93. The Balaban J connectivity index is 1.72. The van der Waals surface area contributed by atoms with Gasteiger partial charge in [0, 0.05) is 11.9 Å². The standard InChI is InChI=1S/C18H18N4OS/c1-11-5-6-14-13(8-11)20-18(21(14)2)16-15(23)10-22(17(16)19)9-12-4-3-7-24-12/h3-8,19,23H,9-10H2,1-2H3. The van der Waals surface area contributed by atoms with E-state index < -0.39 is 0 Å². The first kappa shape index (κ1) is 15.0. The number of amidine groups is 1. The largest absolute Gasteiger partial charge is 0.510 e. The molecular weight excluding hydrogens is 320 g/mol. The molecule has 0 spiro atoms. The summed E-state index contributed by atoms with van der Waals surface area (Å²) >= 11 is 1.66. The van der Waals surface area contributed by atoms with Crippen molar-refractivity contribution in [3.05, 3.63) is 57.7 Å². The fraction of sp³-hybridized carbons (Fsp3) is 0.222. The molecule has 1 aliphatic rings. The lowest BCUT2D eigenvalue weighted by Gasteiger charge is -2.17. The van der Waals surface area contributed by atoms with Crippen molar-refractivity contribution in [2.24, 2.45) is 7.05 Å². The molecule has 0 fully saturated rings. The number of aliphatic hydroxyl groups excluding tert-OH is 1. The number of nitrogens with zero attached hydrogens (tertiary/aromatic N) is 3. The highest BCUT2D eigenvalue weighted by atomic mass is 32.1. The van der Waals surface area contributed by atoms with E-state index in [2.05, 4.69) is 4.98 Å². The Bertz CT molecular complexity index is 968. The second-order valence-electron chi connectivity index (χ2n) is 6.09.